The third kappa shape index (κ3) is 3.97. The number of ether oxygens (including phenoxy) is 1. The van der Waals surface area contributed by atoms with Crippen molar-refractivity contribution in [3.8, 4) is 11.4 Å². The highest BCUT2D eigenvalue weighted by Gasteiger charge is 2.18. The maximum absolute atomic E-state index is 13.0. The van der Waals surface area contributed by atoms with E-state index in [-0.39, 0.29) is 5.82 Å². The number of nitrogens with zero attached hydrogens (tertiary/aromatic N) is 2. The molecule has 0 fully saturated rings. The molecule has 0 aliphatic carbocycles. The van der Waals surface area contributed by atoms with Gasteiger partial charge < -0.3 is 4.74 Å². The summed E-state index contributed by atoms with van der Waals surface area (Å²) in [5, 5.41) is 6.10. The number of para-hydroxylation sites is 1. The molecule has 0 aliphatic rings. The minimum absolute atomic E-state index is 0.0251. The summed E-state index contributed by atoms with van der Waals surface area (Å²) in [5.41, 5.74) is -0.220. The SMILES string of the molecule is O=C(Nc1cc(C(F)F)nn1-c1ccc(F)cc1)Oc1ccccc1. The van der Waals surface area contributed by atoms with Gasteiger partial charge in [0.05, 0.1) is 5.69 Å². The third-order valence-electron chi connectivity index (χ3n) is 3.21. The van der Waals surface area contributed by atoms with E-state index in [0.717, 1.165) is 22.9 Å². The van der Waals surface area contributed by atoms with Gasteiger partial charge in [-0.1, -0.05) is 18.2 Å². The number of amides is 1. The minimum atomic E-state index is -2.83. The molecule has 1 amide bonds. The predicted octanol–water partition coefficient (Wildman–Crippen LogP) is 4.56. The summed E-state index contributed by atoms with van der Waals surface area (Å²) in [6.45, 7) is 0. The highest BCUT2D eigenvalue weighted by molar-refractivity contribution is 5.85. The molecule has 0 atom stereocenters. The van der Waals surface area contributed by atoms with Crippen molar-refractivity contribution in [2.45, 2.75) is 6.43 Å². The monoisotopic (exact) mass is 347 g/mol. The lowest BCUT2D eigenvalue weighted by Crippen LogP contribution is -2.19. The molecule has 8 heteroatoms. The summed E-state index contributed by atoms with van der Waals surface area (Å²) in [5.74, 6) is -0.215. The summed E-state index contributed by atoms with van der Waals surface area (Å²) < 4.78 is 45.1. The van der Waals surface area contributed by atoms with Crippen LogP contribution in [0, 0.1) is 5.82 Å². The van der Waals surface area contributed by atoms with Crippen LogP contribution in [0.4, 0.5) is 23.8 Å². The van der Waals surface area contributed by atoms with Crippen LogP contribution in [-0.2, 0) is 0 Å². The summed E-state index contributed by atoms with van der Waals surface area (Å²) in [4.78, 5) is 12.0. The van der Waals surface area contributed by atoms with E-state index in [1.54, 1.807) is 30.3 Å². The second kappa shape index (κ2) is 7.08. The van der Waals surface area contributed by atoms with E-state index in [1.165, 1.54) is 12.1 Å². The molecule has 1 N–H and O–H groups in total. The first kappa shape index (κ1) is 16.6. The number of halogens is 3. The van der Waals surface area contributed by atoms with Gasteiger partial charge in [0.25, 0.3) is 6.43 Å². The summed E-state index contributed by atoms with van der Waals surface area (Å²) in [7, 11) is 0. The van der Waals surface area contributed by atoms with E-state index < -0.39 is 24.0 Å². The quantitative estimate of drug-likeness (QED) is 0.753. The zero-order valence-electron chi connectivity index (χ0n) is 12.7. The molecular formula is C17H12F3N3O2. The first-order valence-electron chi connectivity index (χ1n) is 7.21. The van der Waals surface area contributed by atoms with Gasteiger partial charge in [-0.25, -0.2) is 22.6 Å². The number of carbonyl (C=O) groups is 1. The maximum Gasteiger partial charge on any atom is 0.418 e. The lowest BCUT2D eigenvalue weighted by molar-refractivity contribution is 0.145. The Labute approximate surface area is 140 Å². The summed E-state index contributed by atoms with van der Waals surface area (Å²) in [6, 6.07) is 14.3. The number of benzene rings is 2. The Morgan fingerprint density at radius 2 is 1.76 bits per heavy atom. The second-order valence-electron chi connectivity index (χ2n) is 4.97. The molecule has 3 aromatic rings. The van der Waals surface area contributed by atoms with Crippen molar-refractivity contribution in [1.82, 2.24) is 9.78 Å². The molecule has 0 aliphatic heterocycles. The molecule has 1 heterocycles. The van der Waals surface area contributed by atoms with Gasteiger partial charge in [-0.15, -0.1) is 0 Å². The van der Waals surface area contributed by atoms with Crippen LogP contribution in [0.1, 0.15) is 12.1 Å². The van der Waals surface area contributed by atoms with Gasteiger partial charge >= 0.3 is 6.09 Å². The second-order valence-corrected chi connectivity index (χ2v) is 4.97. The Balaban J connectivity index is 1.86. The fourth-order valence-electron chi connectivity index (χ4n) is 2.10. The molecule has 0 saturated heterocycles. The number of aromatic nitrogens is 2. The van der Waals surface area contributed by atoms with Crippen LogP contribution in [0.25, 0.3) is 5.69 Å². The molecular weight excluding hydrogens is 335 g/mol. The van der Waals surface area contributed by atoms with Crippen molar-refractivity contribution in [3.63, 3.8) is 0 Å². The zero-order chi connectivity index (χ0) is 17.8. The minimum Gasteiger partial charge on any atom is -0.410 e. The smallest absolute Gasteiger partial charge is 0.410 e. The molecule has 3 rings (SSSR count). The average molecular weight is 347 g/mol. The van der Waals surface area contributed by atoms with Crippen molar-refractivity contribution in [3.05, 3.63) is 72.2 Å². The topological polar surface area (TPSA) is 56.2 Å². The van der Waals surface area contributed by atoms with Crippen molar-refractivity contribution >= 4 is 11.9 Å². The first-order chi connectivity index (χ1) is 12.0. The number of alkyl halides is 2. The molecule has 0 saturated carbocycles. The predicted molar refractivity (Wildman–Crippen MR) is 84.6 cm³/mol. The Morgan fingerprint density at radius 3 is 2.40 bits per heavy atom. The molecule has 128 valence electrons. The number of hydrogen-bond acceptors (Lipinski definition) is 3. The standard InChI is InChI=1S/C17H12F3N3O2/c18-11-6-8-12(9-7-11)23-15(10-14(22-23)16(19)20)21-17(24)25-13-4-2-1-3-5-13/h1-10,16H,(H,21,24). The van der Waals surface area contributed by atoms with Crippen LogP contribution in [0.15, 0.2) is 60.7 Å². The van der Waals surface area contributed by atoms with E-state index in [9.17, 15) is 18.0 Å². The average Bonchev–Trinajstić information content (AvgIpc) is 3.00. The normalized spacial score (nSPS) is 10.7. The number of rotatable bonds is 4. The largest absolute Gasteiger partial charge is 0.418 e. The fourth-order valence-corrected chi connectivity index (χ4v) is 2.10. The molecule has 1 aromatic heterocycles. The highest BCUT2D eigenvalue weighted by Crippen LogP contribution is 2.24. The molecule has 0 unspecified atom stereocenters. The van der Waals surface area contributed by atoms with E-state index in [0.29, 0.717) is 11.4 Å². The van der Waals surface area contributed by atoms with Crippen LogP contribution in [0.5, 0.6) is 5.75 Å². The van der Waals surface area contributed by atoms with Gasteiger partial charge in [0.2, 0.25) is 0 Å². The van der Waals surface area contributed by atoms with Gasteiger partial charge in [0.1, 0.15) is 23.1 Å². The van der Waals surface area contributed by atoms with Crippen LogP contribution in [0.2, 0.25) is 0 Å². The summed E-state index contributed by atoms with van der Waals surface area (Å²) in [6.07, 6.45) is -3.69. The van der Waals surface area contributed by atoms with E-state index >= 15 is 0 Å². The number of carbonyl (C=O) groups excluding carboxylic acids is 1. The Bertz CT molecular complexity index is 865. The molecule has 0 radical (unpaired) electrons. The van der Waals surface area contributed by atoms with Crippen LogP contribution >= 0.6 is 0 Å². The van der Waals surface area contributed by atoms with Gasteiger partial charge in [0.15, 0.2) is 0 Å². The molecule has 5 nitrogen and oxygen atoms in total. The van der Waals surface area contributed by atoms with Crippen molar-refractivity contribution < 1.29 is 22.7 Å². The zero-order valence-corrected chi connectivity index (χ0v) is 12.7. The maximum atomic E-state index is 13.0. The van der Waals surface area contributed by atoms with Gasteiger partial charge in [-0.3, -0.25) is 5.32 Å². The van der Waals surface area contributed by atoms with Gasteiger partial charge in [-0.2, -0.15) is 5.10 Å². The Morgan fingerprint density at radius 1 is 1.08 bits per heavy atom. The van der Waals surface area contributed by atoms with Gasteiger partial charge in [0, 0.05) is 6.07 Å². The van der Waals surface area contributed by atoms with E-state index in [4.69, 9.17) is 4.74 Å². The van der Waals surface area contributed by atoms with Crippen LogP contribution < -0.4 is 10.1 Å². The highest BCUT2D eigenvalue weighted by atomic mass is 19.3. The van der Waals surface area contributed by atoms with E-state index in [2.05, 4.69) is 10.4 Å². The Hall–Kier alpha value is -3.29. The molecule has 2 aromatic carbocycles. The lowest BCUT2D eigenvalue weighted by atomic mass is 10.3. The lowest BCUT2D eigenvalue weighted by Gasteiger charge is -2.09. The van der Waals surface area contributed by atoms with Crippen molar-refractivity contribution in [2.24, 2.45) is 0 Å². The number of hydrogen-bond donors (Lipinski definition) is 1. The third-order valence-corrected chi connectivity index (χ3v) is 3.21. The van der Waals surface area contributed by atoms with Gasteiger partial charge in [-0.05, 0) is 36.4 Å². The van der Waals surface area contributed by atoms with Crippen molar-refractivity contribution in [2.75, 3.05) is 5.32 Å². The molecule has 25 heavy (non-hydrogen) atoms. The number of nitrogens with one attached hydrogen (secondary N) is 1. The molecule has 0 bridgehead atoms. The van der Waals surface area contributed by atoms with E-state index in [1.807, 2.05) is 0 Å². The summed E-state index contributed by atoms with van der Waals surface area (Å²) >= 11 is 0. The first-order valence-corrected chi connectivity index (χ1v) is 7.21. The van der Waals surface area contributed by atoms with Crippen LogP contribution in [0.3, 0.4) is 0 Å². The van der Waals surface area contributed by atoms with Crippen molar-refractivity contribution in [1.29, 1.82) is 0 Å². The Kier molecular flexibility index (Phi) is 4.69. The number of anilines is 1. The fraction of sp³-hybridized carbons (Fsp3) is 0.0588. The van der Waals surface area contributed by atoms with Crippen LogP contribution in [-0.4, -0.2) is 15.9 Å². The molecule has 0 spiro atoms.